The van der Waals surface area contributed by atoms with Gasteiger partial charge in [0.2, 0.25) is 0 Å². The lowest BCUT2D eigenvalue weighted by Gasteiger charge is -2.07. The van der Waals surface area contributed by atoms with Crippen LogP contribution >= 0.6 is 0 Å². The van der Waals surface area contributed by atoms with E-state index in [4.69, 9.17) is 0 Å². The summed E-state index contributed by atoms with van der Waals surface area (Å²) in [7, 11) is 3.76. The van der Waals surface area contributed by atoms with Gasteiger partial charge in [-0.1, -0.05) is 0 Å². The highest BCUT2D eigenvalue weighted by atomic mass is 16.1. The van der Waals surface area contributed by atoms with Crippen LogP contribution in [0.15, 0.2) is 24.7 Å². The van der Waals surface area contributed by atoms with E-state index >= 15 is 0 Å². The maximum atomic E-state index is 10.8. The number of carbonyl (C=O) groups excluding carboxylic acids is 1. The van der Waals surface area contributed by atoms with E-state index in [0.717, 1.165) is 17.4 Å². The van der Waals surface area contributed by atoms with Gasteiger partial charge in [0.1, 0.15) is 0 Å². The largest absolute Gasteiger partial charge is 0.383 e. The van der Waals surface area contributed by atoms with E-state index in [9.17, 15) is 4.79 Å². The lowest BCUT2D eigenvalue weighted by atomic mass is 10.1. The van der Waals surface area contributed by atoms with Crippen molar-refractivity contribution in [3.8, 4) is 0 Å². The third kappa shape index (κ3) is 2.69. The topological polar surface area (TPSA) is 33.2 Å². The van der Waals surface area contributed by atoms with Gasteiger partial charge in [-0.05, 0) is 18.6 Å². The second-order valence-corrected chi connectivity index (χ2v) is 3.42. The average Bonchev–Trinajstić information content (AvgIpc) is 2.14. The first-order chi connectivity index (χ1) is 6.63. The lowest BCUT2D eigenvalue weighted by Crippen LogP contribution is -2.03. The Kier molecular flexibility index (Phi) is 3.40. The summed E-state index contributed by atoms with van der Waals surface area (Å²) in [6.07, 6.45) is 6.08. The summed E-state index contributed by atoms with van der Waals surface area (Å²) in [5, 5.41) is 0. The molecule has 1 heterocycles. The second-order valence-electron chi connectivity index (χ2n) is 3.42. The van der Waals surface area contributed by atoms with Crippen molar-refractivity contribution < 1.29 is 4.79 Å². The van der Waals surface area contributed by atoms with E-state index in [-0.39, 0.29) is 0 Å². The van der Waals surface area contributed by atoms with Crippen molar-refractivity contribution in [1.29, 1.82) is 0 Å². The Labute approximate surface area is 84.1 Å². The first kappa shape index (κ1) is 10.4. The molecule has 74 valence electrons. The average molecular weight is 190 g/mol. The van der Waals surface area contributed by atoms with Crippen LogP contribution in [0, 0.1) is 6.92 Å². The monoisotopic (exact) mass is 190 g/mol. The molecule has 0 saturated heterocycles. The first-order valence-corrected chi connectivity index (χ1v) is 4.39. The molecule has 0 N–H and O–H groups in total. The number of aromatic nitrogens is 1. The SMILES string of the molecule is Cc1cncc(C(C=O)=CN(C)C)c1. The first-order valence-electron chi connectivity index (χ1n) is 4.39. The van der Waals surface area contributed by atoms with Crippen molar-refractivity contribution in [2.24, 2.45) is 0 Å². The van der Waals surface area contributed by atoms with Gasteiger partial charge in [0, 0.05) is 43.8 Å². The number of rotatable bonds is 3. The van der Waals surface area contributed by atoms with E-state index in [2.05, 4.69) is 4.98 Å². The molecule has 0 spiro atoms. The standard InChI is InChI=1S/C11H14N2O/c1-9-4-10(6-12-5-9)11(8-14)7-13(2)3/h4-8H,1-3H3. The van der Waals surface area contributed by atoms with Crippen LogP contribution < -0.4 is 0 Å². The van der Waals surface area contributed by atoms with E-state index in [1.807, 2.05) is 32.0 Å². The van der Waals surface area contributed by atoms with Gasteiger partial charge >= 0.3 is 0 Å². The van der Waals surface area contributed by atoms with Crippen molar-refractivity contribution >= 4 is 11.9 Å². The van der Waals surface area contributed by atoms with Gasteiger partial charge in [-0.25, -0.2) is 0 Å². The molecule has 3 nitrogen and oxygen atoms in total. The Bertz CT molecular complexity index is 356. The highest BCUT2D eigenvalue weighted by Gasteiger charge is 2.00. The molecule has 1 aromatic rings. The zero-order valence-corrected chi connectivity index (χ0v) is 8.69. The minimum absolute atomic E-state index is 0.645. The van der Waals surface area contributed by atoms with Gasteiger partial charge in [0.05, 0.1) is 0 Å². The second kappa shape index (κ2) is 4.56. The molecule has 0 aliphatic carbocycles. The van der Waals surface area contributed by atoms with Crippen LogP contribution in [0.25, 0.3) is 5.57 Å². The molecule has 14 heavy (non-hydrogen) atoms. The van der Waals surface area contributed by atoms with Crippen LogP contribution in [-0.4, -0.2) is 30.3 Å². The fourth-order valence-corrected chi connectivity index (χ4v) is 1.16. The van der Waals surface area contributed by atoms with Crippen LogP contribution in [0.1, 0.15) is 11.1 Å². The van der Waals surface area contributed by atoms with Crippen LogP contribution in [0.4, 0.5) is 0 Å². The minimum atomic E-state index is 0.645. The summed E-state index contributed by atoms with van der Waals surface area (Å²) in [6, 6.07) is 1.94. The molecule has 0 unspecified atom stereocenters. The predicted molar refractivity (Wildman–Crippen MR) is 56.7 cm³/mol. The van der Waals surface area contributed by atoms with Gasteiger partial charge in [0.25, 0.3) is 0 Å². The summed E-state index contributed by atoms with van der Waals surface area (Å²) in [4.78, 5) is 16.7. The predicted octanol–water partition coefficient (Wildman–Crippen LogP) is 1.49. The third-order valence-electron chi connectivity index (χ3n) is 1.73. The Morgan fingerprint density at radius 3 is 2.64 bits per heavy atom. The van der Waals surface area contributed by atoms with Crippen molar-refractivity contribution in [3.63, 3.8) is 0 Å². The number of pyridine rings is 1. The third-order valence-corrected chi connectivity index (χ3v) is 1.73. The molecule has 0 atom stereocenters. The highest BCUT2D eigenvalue weighted by molar-refractivity contribution is 6.06. The lowest BCUT2D eigenvalue weighted by molar-refractivity contribution is -0.103. The highest BCUT2D eigenvalue weighted by Crippen LogP contribution is 2.12. The Balaban J connectivity index is 3.07. The van der Waals surface area contributed by atoms with Crippen molar-refractivity contribution in [3.05, 3.63) is 35.8 Å². The van der Waals surface area contributed by atoms with Gasteiger partial charge in [0.15, 0.2) is 6.29 Å². The number of nitrogens with zero attached hydrogens (tertiary/aromatic N) is 2. The van der Waals surface area contributed by atoms with Crippen molar-refractivity contribution in [1.82, 2.24) is 9.88 Å². The summed E-state index contributed by atoms with van der Waals surface area (Å²) in [5.41, 5.74) is 2.55. The van der Waals surface area contributed by atoms with E-state index in [1.165, 1.54) is 0 Å². The number of allylic oxidation sites excluding steroid dienone is 1. The van der Waals surface area contributed by atoms with E-state index in [0.29, 0.717) is 5.57 Å². The summed E-state index contributed by atoms with van der Waals surface area (Å²) in [5.74, 6) is 0. The number of carbonyl (C=O) groups is 1. The Morgan fingerprint density at radius 2 is 2.14 bits per heavy atom. The number of aryl methyl sites for hydroxylation is 1. The smallest absolute Gasteiger partial charge is 0.152 e. The summed E-state index contributed by atoms with van der Waals surface area (Å²) < 4.78 is 0. The fraction of sp³-hybridized carbons (Fsp3) is 0.273. The number of hydrogen-bond acceptors (Lipinski definition) is 3. The molecule has 0 amide bonds. The molecule has 1 rings (SSSR count). The zero-order chi connectivity index (χ0) is 10.6. The summed E-state index contributed by atoms with van der Waals surface area (Å²) >= 11 is 0. The number of aldehydes is 1. The minimum Gasteiger partial charge on any atom is -0.383 e. The fourth-order valence-electron chi connectivity index (χ4n) is 1.16. The van der Waals surface area contributed by atoms with Gasteiger partial charge in [-0.3, -0.25) is 9.78 Å². The van der Waals surface area contributed by atoms with Crippen LogP contribution in [0.5, 0.6) is 0 Å². The van der Waals surface area contributed by atoms with Crippen molar-refractivity contribution in [2.45, 2.75) is 6.92 Å². The van der Waals surface area contributed by atoms with E-state index in [1.54, 1.807) is 18.6 Å². The Hall–Kier alpha value is -1.64. The quantitative estimate of drug-likeness (QED) is 0.535. The van der Waals surface area contributed by atoms with E-state index < -0.39 is 0 Å². The van der Waals surface area contributed by atoms with Crippen molar-refractivity contribution in [2.75, 3.05) is 14.1 Å². The molecule has 0 fully saturated rings. The molecule has 0 aliphatic heterocycles. The van der Waals surface area contributed by atoms with Gasteiger partial charge < -0.3 is 4.90 Å². The molecule has 1 aromatic heterocycles. The van der Waals surface area contributed by atoms with Gasteiger partial charge in [-0.15, -0.1) is 0 Å². The zero-order valence-electron chi connectivity index (χ0n) is 8.69. The maximum Gasteiger partial charge on any atom is 0.152 e. The maximum absolute atomic E-state index is 10.8. The van der Waals surface area contributed by atoms with Crippen LogP contribution in [0.3, 0.4) is 0 Å². The molecule has 0 saturated carbocycles. The van der Waals surface area contributed by atoms with Crippen LogP contribution in [0.2, 0.25) is 0 Å². The molecule has 0 radical (unpaired) electrons. The molecule has 0 bridgehead atoms. The molecular formula is C11H14N2O. The molecule has 3 heteroatoms. The summed E-state index contributed by atoms with van der Waals surface area (Å²) in [6.45, 7) is 1.95. The number of hydrogen-bond donors (Lipinski definition) is 0. The van der Waals surface area contributed by atoms with Gasteiger partial charge in [-0.2, -0.15) is 0 Å². The molecule has 0 aliphatic rings. The Morgan fingerprint density at radius 1 is 1.43 bits per heavy atom. The molecule has 0 aromatic carbocycles. The molecular weight excluding hydrogens is 176 g/mol. The normalized spacial score (nSPS) is 11.2. The van der Waals surface area contributed by atoms with Crippen LogP contribution in [-0.2, 0) is 4.79 Å².